The van der Waals surface area contributed by atoms with Gasteiger partial charge >= 0.3 is 0 Å². The van der Waals surface area contributed by atoms with Crippen LogP contribution < -0.4 is 5.73 Å². The summed E-state index contributed by atoms with van der Waals surface area (Å²) in [4.78, 5) is 14.7. The van der Waals surface area contributed by atoms with Crippen LogP contribution >= 0.6 is 0 Å². The summed E-state index contributed by atoms with van der Waals surface area (Å²) in [7, 11) is 0. The highest BCUT2D eigenvalue weighted by Gasteiger charge is 2.32. The molecule has 1 fully saturated rings. The maximum Gasteiger partial charge on any atom is 0.274 e. The van der Waals surface area contributed by atoms with Gasteiger partial charge in [0, 0.05) is 30.4 Å². The van der Waals surface area contributed by atoms with Gasteiger partial charge in [0.1, 0.15) is 0 Å². The largest absolute Gasteiger partial charge is 0.337 e. The van der Waals surface area contributed by atoms with Gasteiger partial charge in [0.15, 0.2) is 17.3 Å². The first-order chi connectivity index (χ1) is 12.1. The Balaban J connectivity index is 1.71. The smallest absolute Gasteiger partial charge is 0.274 e. The number of carbonyl (C=O) groups excluding carboxylic acids is 1. The van der Waals surface area contributed by atoms with E-state index in [0.717, 1.165) is 49.1 Å². The monoisotopic (exact) mass is 346 g/mol. The number of halogens is 2. The van der Waals surface area contributed by atoms with Crippen molar-refractivity contribution in [2.24, 2.45) is 11.7 Å². The maximum absolute atomic E-state index is 13.6. The SMILES string of the molecule is NCC1CCN(C(=O)c2nn(-c3ccc(F)c(F)c3)c3c2CCC3)C1. The molecule has 7 heteroatoms. The number of nitrogens with zero attached hydrogens (tertiary/aromatic N) is 3. The average Bonchev–Trinajstić information content (AvgIpc) is 3.32. The fraction of sp³-hybridized carbons (Fsp3) is 0.444. The van der Waals surface area contributed by atoms with Crippen LogP contribution in [0.2, 0.25) is 0 Å². The number of aromatic nitrogens is 2. The zero-order valence-corrected chi connectivity index (χ0v) is 13.8. The molecule has 1 amide bonds. The molecule has 1 unspecified atom stereocenters. The molecule has 25 heavy (non-hydrogen) atoms. The number of nitrogens with two attached hydrogens (primary N) is 1. The van der Waals surface area contributed by atoms with Crippen molar-refractivity contribution in [3.8, 4) is 5.69 Å². The van der Waals surface area contributed by atoms with Gasteiger partial charge in [-0.2, -0.15) is 5.10 Å². The molecule has 2 aliphatic rings. The molecule has 0 spiro atoms. The first-order valence-electron chi connectivity index (χ1n) is 8.64. The lowest BCUT2D eigenvalue weighted by Crippen LogP contribution is -2.30. The Labute approximate surface area is 144 Å². The average molecular weight is 346 g/mol. The van der Waals surface area contributed by atoms with E-state index in [0.29, 0.717) is 36.9 Å². The zero-order chi connectivity index (χ0) is 17.6. The van der Waals surface area contributed by atoms with Gasteiger partial charge < -0.3 is 10.6 Å². The van der Waals surface area contributed by atoms with Crippen LogP contribution in [0, 0.1) is 17.6 Å². The highest BCUT2D eigenvalue weighted by molar-refractivity contribution is 5.94. The second-order valence-corrected chi connectivity index (χ2v) is 6.78. The summed E-state index contributed by atoms with van der Waals surface area (Å²) in [5, 5.41) is 4.47. The molecular formula is C18H20F2N4O. The van der Waals surface area contributed by atoms with E-state index in [4.69, 9.17) is 5.73 Å². The first kappa shape index (κ1) is 16.2. The molecule has 0 bridgehead atoms. The molecule has 5 nitrogen and oxygen atoms in total. The maximum atomic E-state index is 13.6. The summed E-state index contributed by atoms with van der Waals surface area (Å²) in [6.07, 6.45) is 3.41. The molecule has 1 aliphatic heterocycles. The first-order valence-corrected chi connectivity index (χ1v) is 8.64. The number of amides is 1. The van der Waals surface area contributed by atoms with Gasteiger partial charge in [-0.25, -0.2) is 13.5 Å². The number of hydrogen-bond donors (Lipinski definition) is 1. The lowest BCUT2D eigenvalue weighted by molar-refractivity contribution is 0.0780. The van der Waals surface area contributed by atoms with Gasteiger partial charge in [0.05, 0.1) is 5.69 Å². The van der Waals surface area contributed by atoms with Gasteiger partial charge in [-0.3, -0.25) is 4.79 Å². The van der Waals surface area contributed by atoms with E-state index in [2.05, 4.69) is 5.10 Å². The fourth-order valence-electron chi connectivity index (χ4n) is 3.80. The zero-order valence-electron chi connectivity index (χ0n) is 13.8. The third-order valence-electron chi connectivity index (χ3n) is 5.19. The van der Waals surface area contributed by atoms with E-state index in [1.54, 1.807) is 9.58 Å². The standard InChI is InChI=1S/C18H20F2N4O/c19-14-5-4-12(8-15(14)20)24-16-3-1-2-13(16)17(22-24)18(25)23-7-6-11(9-21)10-23/h4-5,8,11H,1-3,6-7,9-10,21H2. The molecule has 2 heterocycles. The summed E-state index contributed by atoms with van der Waals surface area (Å²) in [6.45, 7) is 1.92. The second-order valence-electron chi connectivity index (χ2n) is 6.78. The van der Waals surface area contributed by atoms with E-state index in [-0.39, 0.29) is 5.91 Å². The number of carbonyl (C=O) groups is 1. The molecule has 0 radical (unpaired) electrons. The van der Waals surface area contributed by atoms with Gasteiger partial charge in [-0.05, 0) is 50.3 Å². The minimum Gasteiger partial charge on any atom is -0.337 e. The van der Waals surface area contributed by atoms with Crippen LogP contribution in [0.5, 0.6) is 0 Å². The Kier molecular flexibility index (Phi) is 4.03. The predicted molar refractivity (Wildman–Crippen MR) is 88.6 cm³/mol. The van der Waals surface area contributed by atoms with E-state index in [1.807, 2.05) is 0 Å². The summed E-state index contributed by atoms with van der Waals surface area (Å²) < 4.78 is 28.4. The summed E-state index contributed by atoms with van der Waals surface area (Å²) in [6, 6.07) is 3.69. The summed E-state index contributed by atoms with van der Waals surface area (Å²) in [5.41, 5.74) is 8.45. The van der Waals surface area contributed by atoms with Gasteiger partial charge in [-0.15, -0.1) is 0 Å². The van der Waals surface area contributed by atoms with Crippen molar-refractivity contribution in [1.29, 1.82) is 0 Å². The quantitative estimate of drug-likeness (QED) is 0.925. The van der Waals surface area contributed by atoms with E-state index < -0.39 is 11.6 Å². The van der Waals surface area contributed by atoms with Crippen molar-refractivity contribution in [1.82, 2.24) is 14.7 Å². The molecule has 1 aliphatic carbocycles. The molecule has 1 atom stereocenters. The molecule has 132 valence electrons. The number of rotatable bonds is 3. The molecule has 4 rings (SSSR count). The van der Waals surface area contributed by atoms with Crippen LogP contribution in [0.4, 0.5) is 8.78 Å². The summed E-state index contributed by atoms with van der Waals surface area (Å²) in [5.74, 6) is -1.56. The second kappa shape index (κ2) is 6.22. The Morgan fingerprint density at radius 3 is 2.84 bits per heavy atom. The Morgan fingerprint density at radius 1 is 1.28 bits per heavy atom. The van der Waals surface area contributed by atoms with E-state index in [9.17, 15) is 13.6 Å². The number of likely N-dealkylation sites (tertiary alicyclic amines) is 1. The lowest BCUT2D eigenvalue weighted by Gasteiger charge is -2.15. The van der Waals surface area contributed by atoms with Crippen LogP contribution in [0.25, 0.3) is 5.69 Å². The van der Waals surface area contributed by atoms with Crippen molar-refractivity contribution >= 4 is 5.91 Å². The van der Waals surface area contributed by atoms with Gasteiger partial charge in [0.2, 0.25) is 0 Å². The molecule has 2 aromatic rings. The third kappa shape index (κ3) is 2.72. The van der Waals surface area contributed by atoms with Crippen LogP contribution in [0.15, 0.2) is 18.2 Å². The molecule has 2 N–H and O–H groups in total. The molecular weight excluding hydrogens is 326 g/mol. The molecule has 1 saturated heterocycles. The number of hydrogen-bond acceptors (Lipinski definition) is 3. The van der Waals surface area contributed by atoms with Crippen LogP contribution in [0.3, 0.4) is 0 Å². The van der Waals surface area contributed by atoms with Crippen molar-refractivity contribution in [2.45, 2.75) is 25.7 Å². The molecule has 1 aromatic carbocycles. The van der Waals surface area contributed by atoms with Crippen molar-refractivity contribution < 1.29 is 13.6 Å². The van der Waals surface area contributed by atoms with Gasteiger partial charge in [-0.1, -0.05) is 0 Å². The third-order valence-corrected chi connectivity index (χ3v) is 5.19. The topological polar surface area (TPSA) is 64.2 Å². The van der Waals surface area contributed by atoms with Crippen LogP contribution in [0.1, 0.15) is 34.6 Å². The molecule has 1 aromatic heterocycles. The number of benzene rings is 1. The van der Waals surface area contributed by atoms with Crippen molar-refractivity contribution in [2.75, 3.05) is 19.6 Å². The van der Waals surface area contributed by atoms with Crippen LogP contribution in [-0.2, 0) is 12.8 Å². The fourth-order valence-corrected chi connectivity index (χ4v) is 3.80. The van der Waals surface area contributed by atoms with Crippen molar-refractivity contribution in [3.63, 3.8) is 0 Å². The van der Waals surface area contributed by atoms with Crippen LogP contribution in [-0.4, -0.2) is 40.2 Å². The highest BCUT2D eigenvalue weighted by Crippen LogP contribution is 2.30. The Hall–Kier alpha value is -2.28. The molecule has 0 saturated carbocycles. The lowest BCUT2D eigenvalue weighted by atomic mass is 10.1. The van der Waals surface area contributed by atoms with E-state index >= 15 is 0 Å². The van der Waals surface area contributed by atoms with Gasteiger partial charge in [0.25, 0.3) is 5.91 Å². The minimum absolute atomic E-state index is 0.0876. The highest BCUT2D eigenvalue weighted by atomic mass is 19.2. The predicted octanol–water partition coefficient (Wildman–Crippen LogP) is 2.06. The Bertz CT molecular complexity index is 833. The van der Waals surface area contributed by atoms with Crippen molar-refractivity contribution in [3.05, 3.63) is 46.8 Å². The van der Waals surface area contributed by atoms with E-state index in [1.165, 1.54) is 6.07 Å². The number of fused-ring (bicyclic) bond motifs is 1. The summed E-state index contributed by atoms with van der Waals surface area (Å²) >= 11 is 0. The Morgan fingerprint density at radius 2 is 2.12 bits per heavy atom. The normalized spacial score (nSPS) is 19.5. The minimum atomic E-state index is -0.919.